The zero-order chi connectivity index (χ0) is 15.6. The van der Waals surface area contributed by atoms with Crippen molar-refractivity contribution in [3.05, 3.63) is 41.0 Å². The van der Waals surface area contributed by atoms with Gasteiger partial charge in [0.05, 0.1) is 5.56 Å². The zero-order valence-corrected chi connectivity index (χ0v) is 12.8. The third-order valence-corrected chi connectivity index (χ3v) is 3.99. The molecule has 2 aromatic carbocycles. The minimum Gasteiger partial charge on any atom is -0.507 e. The number of phenols is 3. The van der Waals surface area contributed by atoms with Gasteiger partial charge in [-0.3, -0.25) is 0 Å². The summed E-state index contributed by atoms with van der Waals surface area (Å²) in [6.45, 7) is 5.79. The lowest BCUT2D eigenvalue weighted by Crippen LogP contribution is -1.96. The van der Waals surface area contributed by atoms with Crippen LogP contribution in [0.3, 0.4) is 0 Å². The molecule has 2 aromatic rings. The number of hydrogen-bond acceptors (Lipinski definition) is 3. The van der Waals surface area contributed by atoms with Gasteiger partial charge in [-0.25, -0.2) is 0 Å². The molecular weight excluding hydrogens is 264 g/mol. The standard InChI is InChI=1S/C18H22O3/c1-4-11-9-7-8-10-14(11)15-17(20)12(5-2)16(19)13(6-3)18(15)21/h7-10,19-21H,4-6H2,1-3H3. The van der Waals surface area contributed by atoms with Gasteiger partial charge < -0.3 is 15.3 Å². The maximum Gasteiger partial charge on any atom is 0.134 e. The van der Waals surface area contributed by atoms with Gasteiger partial charge in [-0.2, -0.15) is 0 Å². The summed E-state index contributed by atoms with van der Waals surface area (Å²) in [5, 5.41) is 31.3. The van der Waals surface area contributed by atoms with Crippen molar-refractivity contribution in [2.24, 2.45) is 0 Å². The normalized spacial score (nSPS) is 10.8. The Bertz CT molecular complexity index is 629. The molecule has 0 heterocycles. The van der Waals surface area contributed by atoms with Crippen LogP contribution in [0.5, 0.6) is 17.2 Å². The average molecular weight is 286 g/mol. The monoisotopic (exact) mass is 286 g/mol. The molecule has 3 heteroatoms. The second kappa shape index (κ2) is 6.08. The van der Waals surface area contributed by atoms with Gasteiger partial charge in [0.25, 0.3) is 0 Å². The highest BCUT2D eigenvalue weighted by molar-refractivity contribution is 5.83. The van der Waals surface area contributed by atoms with Crippen LogP contribution in [0.2, 0.25) is 0 Å². The fraction of sp³-hybridized carbons (Fsp3) is 0.333. The molecule has 0 spiro atoms. The van der Waals surface area contributed by atoms with E-state index in [2.05, 4.69) is 0 Å². The van der Waals surface area contributed by atoms with Crippen LogP contribution in [0, 0.1) is 0 Å². The summed E-state index contributed by atoms with van der Waals surface area (Å²) in [6.07, 6.45) is 1.82. The van der Waals surface area contributed by atoms with Crippen molar-refractivity contribution >= 4 is 0 Å². The van der Waals surface area contributed by atoms with E-state index >= 15 is 0 Å². The van der Waals surface area contributed by atoms with Crippen LogP contribution in [-0.4, -0.2) is 15.3 Å². The van der Waals surface area contributed by atoms with E-state index in [1.54, 1.807) is 0 Å². The number of rotatable bonds is 4. The third-order valence-electron chi connectivity index (χ3n) is 3.99. The maximum absolute atomic E-state index is 10.5. The van der Waals surface area contributed by atoms with E-state index in [1.165, 1.54) is 0 Å². The lowest BCUT2D eigenvalue weighted by Gasteiger charge is -2.18. The van der Waals surface area contributed by atoms with E-state index in [9.17, 15) is 15.3 Å². The SMILES string of the molecule is CCc1ccccc1-c1c(O)c(CC)c(O)c(CC)c1O. The fourth-order valence-electron chi connectivity index (χ4n) is 2.82. The minimum atomic E-state index is -0.0226. The van der Waals surface area contributed by atoms with Gasteiger partial charge in [0.15, 0.2) is 0 Å². The first-order valence-corrected chi connectivity index (χ1v) is 7.43. The largest absolute Gasteiger partial charge is 0.507 e. The highest BCUT2D eigenvalue weighted by atomic mass is 16.3. The molecule has 112 valence electrons. The predicted octanol–water partition coefficient (Wildman–Crippen LogP) is 4.16. The fourth-order valence-corrected chi connectivity index (χ4v) is 2.82. The molecule has 0 fully saturated rings. The van der Waals surface area contributed by atoms with Gasteiger partial charge in [0, 0.05) is 11.1 Å². The average Bonchev–Trinajstić information content (AvgIpc) is 2.48. The van der Waals surface area contributed by atoms with Gasteiger partial charge in [0.1, 0.15) is 17.2 Å². The highest BCUT2D eigenvalue weighted by Gasteiger charge is 2.23. The lowest BCUT2D eigenvalue weighted by atomic mass is 9.90. The number of phenolic OH excluding ortho intramolecular Hbond substituents is 3. The van der Waals surface area contributed by atoms with Crippen molar-refractivity contribution in [3.8, 4) is 28.4 Å². The minimum absolute atomic E-state index is 0.00716. The number of hydrogen-bond donors (Lipinski definition) is 3. The Labute approximate surface area is 125 Å². The molecule has 0 bridgehead atoms. The molecule has 3 N–H and O–H groups in total. The van der Waals surface area contributed by atoms with E-state index in [1.807, 2.05) is 45.0 Å². The van der Waals surface area contributed by atoms with Crippen LogP contribution in [0.15, 0.2) is 24.3 Å². The third kappa shape index (κ3) is 2.44. The molecule has 0 atom stereocenters. The van der Waals surface area contributed by atoms with Gasteiger partial charge >= 0.3 is 0 Å². The van der Waals surface area contributed by atoms with Crippen molar-refractivity contribution in [3.63, 3.8) is 0 Å². The molecule has 0 aliphatic heterocycles. The van der Waals surface area contributed by atoms with Crippen molar-refractivity contribution in [2.45, 2.75) is 40.0 Å². The first-order valence-electron chi connectivity index (χ1n) is 7.43. The van der Waals surface area contributed by atoms with E-state index in [0.717, 1.165) is 17.5 Å². The second-order valence-electron chi connectivity index (χ2n) is 5.10. The Morgan fingerprint density at radius 3 is 1.71 bits per heavy atom. The molecule has 0 radical (unpaired) electrons. The first-order chi connectivity index (χ1) is 10.1. The van der Waals surface area contributed by atoms with Crippen molar-refractivity contribution in [1.29, 1.82) is 0 Å². The summed E-state index contributed by atoms with van der Waals surface area (Å²) in [6, 6.07) is 7.71. The number of aryl methyl sites for hydroxylation is 1. The molecule has 0 aromatic heterocycles. The Kier molecular flexibility index (Phi) is 4.41. The molecule has 0 saturated heterocycles. The van der Waals surface area contributed by atoms with Crippen LogP contribution < -0.4 is 0 Å². The van der Waals surface area contributed by atoms with Crippen molar-refractivity contribution in [2.75, 3.05) is 0 Å². The summed E-state index contributed by atoms with van der Waals surface area (Å²) in [7, 11) is 0. The van der Waals surface area contributed by atoms with Crippen molar-refractivity contribution in [1.82, 2.24) is 0 Å². The quantitative estimate of drug-likeness (QED) is 0.791. The summed E-state index contributed by atoms with van der Waals surface area (Å²) >= 11 is 0. The smallest absolute Gasteiger partial charge is 0.134 e. The molecule has 3 nitrogen and oxygen atoms in total. The molecule has 2 rings (SSSR count). The van der Waals surface area contributed by atoms with Crippen LogP contribution in [0.25, 0.3) is 11.1 Å². The molecule has 21 heavy (non-hydrogen) atoms. The van der Waals surface area contributed by atoms with Gasteiger partial charge in [-0.1, -0.05) is 45.0 Å². The summed E-state index contributed by atoms with van der Waals surface area (Å²) < 4.78 is 0. The predicted molar refractivity (Wildman–Crippen MR) is 85.0 cm³/mol. The van der Waals surface area contributed by atoms with E-state index in [0.29, 0.717) is 29.5 Å². The molecule has 0 unspecified atom stereocenters. The Hall–Kier alpha value is -2.16. The second-order valence-corrected chi connectivity index (χ2v) is 5.10. The lowest BCUT2D eigenvalue weighted by molar-refractivity contribution is 0.414. The summed E-state index contributed by atoms with van der Waals surface area (Å²) in [5.74, 6) is -0.0380. The van der Waals surface area contributed by atoms with Crippen molar-refractivity contribution < 1.29 is 15.3 Å². The van der Waals surface area contributed by atoms with Gasteiger partial charge in [-0.05, 0) is 30.4 Å². The number of aromatic hydroxyl groups is 3. The molecule has 0 aliphatic carbocycles. The summed E-state index contributed by atoms with van der Waals surface area (Å²) in [4.78, 5) is 0. The van der Waals surface area contributed by atoms with Gasteiger partial charge in [-0.15, -0.1) is 0 Å². The first kappa shape index (κ1) is 15.2. The maximum atomic E-state index is 10.5. The van der Waals surface area contributed by atoms with Crippen LogP contribution in [0.4, 0.5) is 0 Å². The van der Waals surface area contributed by atoms with E-state index in [4.69, 9.17) is 0 Å². The Morgan fingerprint density at radius 1 is 0.714 bits per heavy atom. The molecule has 0 saturated carbocycles. The van der Waals surface area contributed by atoms with E-state index < -0.39 is 0 Å². The van der Waals surface area contributed by atoms with Crippen LogP contribution >= 0.6 is 0 Å². The zero-order valence-electron chi connectivity index (χ0n) is 12.8. The topological polar surface area (TPSA) is 60.7 Å². The van der Waals surface area contributed by atoms with Crippen LogP contribution in [0.1, 0.15) is 37.5 Å². The molecule has 0 amide bonds. The van der Waals surface area contributed by atoms with E-state index in [-0.39, 0.29) is 17.2 Å². The Morgan fingerprint density at radius 2 is 1.24 bits per heavy atom. The number of benzene rings is 2. The Balaban J connectivity index is 2.86. The summed E-state index contributed by atoms with van der Waals surface area (Å²) in [5.41, 5.74) is 3.28. The highest BCUT2D eigenvalue weighted by Crippen LogP contribution is 2.48. The molecular formula is C18H22O3. The van der Waals surface area contributed by atoms with Crippen LogP contribution in [-0.2, 0) is 19.3 Å². The molecule has 0 aliphatic rings. The van der Waals surface area contributed by atoms with Gasteiger partial charge in [0.2, 0.25) is 0 Å².